The van der Waals surface area contributed by atoms with Gasteiger partial charge in [-0.3, -0.25) is 0 Å². The molecule has 1 fully saturated rings. The topological polar surface area (TPSA) is 52.6 Å². The summed E-state index contributed by atoms with van der Waals surface area (Å²) in [6.45, 7) is 3.38. The van der Waals surface area contributed by atoms with Gasteiger partial charge in [0.05, 0.1) is 6.10 Å². The first-order valence-corrected chi connectivity index (χ1v) is 6.51. The van der Waals surface area contributed by atoms with Gasteiger partial charge in [-0.15, -0.1) is 0 Å². The average molecular weight is 248 g/mol. The van der Waals surface area contributed by atoms with E-state index in [0.717, 1.165) is 37.2 Å². The molecule has 2 amide bonds. The molecule has 1 aliphatic rings. The summed E-state index contributed by atoms with van der Waals surface area (Å²) in [5.41, 5.74) is 1.55. The summed E-state index contributed by atoms with van der Waals surface area (Å²) < 4.78 is 0. The number of hydrogen-bond acceptors (Lipinski definition) is 2. The van der Waals surface area contributed by atoms with Crippen LogP contribution in [0, 0.1) is 0 Å². The lowest BCUT2D eigenvalue weighted by Crippen LogP contribution is -2.38. The highest BCUT2D eigenvalue weighted by atomic mass is 16.3. The molecule has 1 atom stereocenters. The van der Waals surface area contributed by atoms with Gasteiger partial charge in [-0.2, -0.15) is 0 Å². The van der Waals surface area contributed by atoms with Crippen LogP contribution in [0.25, 0.3) is 0 Å². The van der Waals surface area contributed by atoms with E-state index >= 15 is 0 Å². The number of nitrogens with zero attached hydrogens (tertiary/aromatic N) is 1. The number of hydrogen-bond donors (Lipinski definition) is 2. The number of aliphatic hydroxyl groups is 1. The van der Waals surface area contributed by atoms with Gasteiger partial charge in [0.2, 0.25) is 0 Å². The fourth-order valence-electron chi connectivity index (χ4n) is 2.18. The van der Waals surface area contributed by atoms with Crippen LogP contribution in [0.2, 0.25) is 0 Å². The van der Waals surface area contributed by atoms with Crippen LogP contribution < -0.4 is 5.32 Å². The lowest BCUT2D eigenvalue weighted by atomic mass is 10.1. The third-order valence-electron chi connectivity index (χ3n) is 3.26. The van der Waals surface area contributed by atoms with Crippen molar-refractivity contribution < 1.29 is 9.90 Å². The van der Waals surface area contributed by atoms with Crippen molar-refractivity contribution >= 4 is 11.7 Å². The van der Waals surface area contributed by atoms with E-state index in [1.54, 1.807) is 6.92 Å². The number of benzene rings is 1. The molecule has 0 aliphatic carbocycles. The van der Waals surface area contributed by atoms with Crippen molar-refractivity contribution in [2.45, 2.75) is 32.3 Å². The highest BCUT2D eigenvalue weighted by Crippen LogP contribution is 2.18. The predicted octanol–water partition coefficient (Wildman–Crippen LogP) is 2.76. The molecule has 1 aliphatic heterocycles. The maximum atomic E-state index is 12.0. The molecule has 1 unspecified atom stereocenters. The summed E-state index contributed by atoms with van der Waals surface area (Å²) >= 11 is 0. The number of anilines is 1. The van der Waals surface area contributed by atoms with Gasteiger partial charge in [0.25, 0.3) is 0 Å². The molecule has 1 saturated heterocycles. The van der Waals surface area contributed by atoms with Gasteiger partial charge in [0.15, 0.2) is 0 Å². The Morgan fingerprint density at radius 2 is 2.06 bits per heavy atom. The molecule has 18 heavy (non-hydrogen) atoms. The van der Waals surface area contributed by atoms with E-state index < -0.39 is 6.10 Å². The van der Waals surface area contributed by atoms with Crippen LogP contribution in [0.4, 0.5) is 10.5 Å². The molecule has 1 aromatic rings. The Morgan fingerprint density at radius 3 is 2.72 bits per heavy atom. The smallest absolute Gasteiger partial charge is 0.321 e. The van der Waals surface area contributed by atoms with E-state index in [2.05, 4.69) is 5.32 Å². The maximum Gasteiger partial charge on any atom is 0.321 e. The molecule has 98 valence electrons. The molecule has 4 nitrogen and oxygen atoms in total. The zero-order valence-corrected chi connectivity index (χ0v) is 10.7. The van der Waals surface area contributed by atoms with Crippen molar-refractivity contribution in [1.82, 2.24) is 4.90 Å². The average Bonchev–Trinajstić information content (AvgIpc) is 2.40. The van der Waals surface area contributed by atoms with E-state index in [4.69, 9.17) is 0 Å². The fourth-order valence-corrected chi connectivity index (χ4v) is 2.18. The molecule has 0 radical (unpaired) electrons. The monoisotopic (exact) mass is 248 g/mol. The molecule has 2 N–H and O–H groups in total. The molecule has 0 spiro atoms. The van der Waals surface area contributed by atoms with Crippen LogP contribution in [-0.2, 0) is 0 Å². The standard InChI is InChI=1S/C14H20N2O2/c1-11(17)12-6-5-7-13(10-12)15-14(18)16-8-3-2-4-9-16/h5-7,10-11,17H,2-4,8-9H2,1H3,(H,15,18). The van der Waals surface area contributed by atoms with Gasteiger partial charge >= 0.3 is 6.03 Å². The van der Waals surface area contributed by atoms with Crippen LogP contribution >= 0.6 is 0 Å². The minimum atomic E-state index is -0.517. The van der Waals surface area contributed by atoms with Crippen LogP contribution in [-0.4, -0.2) is 29.1 Å². The first-order valence-electron chi connectivity index (χ1n) is 6.51. The molecule has 2 rings (SSSR count). The highest BCUT2D eigenvalue weighted by molar-refractivity contribution is 5.89. The normalized spacial score (nSPS) is 17.3. The second-order valence-corrected chi connectivity index (χ2v) is 4.78. The fraction of sp³-hybridized carbons (Fsp3) is 0.500. The van der Waals surface area contributed by atoms with Crippen molar-refractivity contribution in [1.29, 1.82) is 0 Å². The van der Waals surface area contributed by atoms with Crippen LogP contribution in [0.15, 0.2) is 24.3 Å². The second kappa shape index (κ2) is 5.87. The van der Waals surface area contributed by atoms with Crippen molar-refractivity contribution in [3.63, 3.8) is 0 Å². The summed E-state index contributed by atoms with van der Waals surface area (Å²) in [6.07, 6.45) is 2.86. The minimum Gasteiger partial charge on any atom is -0.389 e. The quantitative estimate of drug-likeness (QED) is 0.845. The molecular weight excluding hydrogens is 228 g/mol. The molecule has 0 bridgehead atoms. The first-order chi connectivity index (χ1) is 8.66. The van der Waals surface area contributed by atoms with Crippen molar-refractivity contribution in [2.75, 3.05) is 18.4 Å². The minimum absolute atomic E-state index is 0.0440. The molecule has 0 saturated carbocycles. The lowest BCUT2D eigenvalue weighted by molar-refractivity contribution is 0.198. The zero-order chi connectivity index (χ0) is 13.0. The number of rotatable bonds is 2. The maximum absolute atomic E-state index is 12.0. The van der Waals surface area contributed by atoms with E-state index in [0.29, 0.717) is 0 Å². The molecule has 1 heterocycles. The Kier molecular flexibility index (Phi) is 4.20. The SMILES string of the molecule is CC(O)c1cccc(NC(=O)N2CCCCC2)c1. The van der Waals surface area contributed by atoms with Gasteiger partial charge in [-0.05, 0) is 43.9 Å². The number of amides is 2. The lowest BCUT2D eigenvalue weighted by Gasteiger charge is -2.26. The Bertz CT molecular complexity index is 412. The number of carbonyl (C=O) groups is 1. The number of urea groups is 1. The summed E-state index contributed by atoms with van der Waals surface area (Å²) in [7, 11) is 0. The van der Waals surface area contributed by atoms with Crippen molar-refractivity contribution in [3.05, 3.63) is 29.8 Å². The van der Waals surface area contributed by atoms with Gasteiger partial charge in [-0.25, -0.2) is 4.79 Å². The summed E-state index contributed by atoms with van der Waals surface area (Å²) in [6, 6.07) is 7.30. The third kappa shape index (κ3) is 3.23. The number of likely N-dealkylation sites (tertiary alicyclic amines) is 1. The van der Waals surface area contributed by atoms with Gasteiger partial charge in [0, 0.05) is 18.8 Å². The molecule has 4 heteroatoms. The predicted molar refractivity (Wildman–Crippen MR) is 71.5 cm³/mol. The summed E-state index contributed by atoms with van der Waals surface area (Å²) in [4.78, 5) is 13.8. The Balaban J connectivity index is 1.99. The Hall–Kier alpha value is -1.55. The van der Waals surface area contributed by atoms with E-state index in [-0.39, 0.29) is 6.03 Å². The highest BCUT2D eigenvalue weighted by Gasteiger charge is 2.16. The van der Waals surface area contributed by atoms with Crippen LogP contribution in [0.5, 0.6) is 0 Å². The summed E-state index contributed by atoms with van der Waals surface area (Å²) in [5, 5.41) is 12.4. The van der Waals surface area contributed by atoms with E-state index in [1.807, 2.05) is 29.2 Å². The van der Waals surface area contributed by atoms with Gasteiger partial charge in [0.1, 0.15) is 0 Å². The summed E-state index contributed by atoms with van der Waals surface area (Å²) in [5.74, 6) is 0. The Labute approximate surface area is 108 Å². The number of aliphatic hydroxyl groups excluding tert-OH is 1. The van der Waals surface area contributed by atoms with Crippen molar-refractivity contribution in [3.8, 4) is 0 Å². The number of carbonyl (C=O) groups excluding carboxylic acids is 1. The van der Waals surface area contributed by atoms with E-state index in [9.17, 15) is 9.90 Å². The molecule has 0 aromatic heterocycles. The first kappa shape index (κ1) is 12.9. The zero-order valence-electron chi connectivity index (χ0n) is 10.7. The van der Waals surface area contributed by atoms with Gasteiger partial charge in [-0.1, -0.05) is 12.1 Å². The third-order valence-corrected chi connectivity index (χ3v) is 3.26. The largest absolute Gasteiger partial charge is 0.389 e. The van der Waals surface area contributed by atoms with Crippen LogP contribution in [0.3, 0.4) is 0 Å². The van der Waals surface area contributed by atoms with Crippen LogP contribution in [0.1, 0.15) is 37.9 Å². The van der Waals surface area contributed by atoms with E-state index in [1.165, 1.54) is 6.42 Å². The number of nitrogens with one attached hydrogen (secondary N) is 1. The van der Waals surface area contributed by atoms with Gasteiger partial charge < -0.3 is 15.3 Å². The molecule has 1 aromatic carbocycles. The Morgan fingerprint density at radius 1 is 1.33 bits per heavy atom. The number of piperidine rings is 1. The molecular formula is C14H20N2O2. The van der Waals surface area contributed by atoms with Crippen molar-refractivity contribution in [2.24, 2.45) is 0 Å². The second-order valence-electron chi connectivity index (χ2n) is 4.78.